The van der Waals surface area contributed by atoms with Crippen LogP contribution < -0.4 is 0 Å². The molecule has 0 aliphatic rings. The Morgan fingerprint density at radius 2 is 2.00 bits per heavy atom. The van der Waals surface area contributed by atoms with Gasteiger partial charge in [-0.2, -0.15) is 0 Å². The van der Waals surface area contributed by atoms with E-state index in [4.69, 9.17) is 4.74 Å². The third-order valence-corrected chi connectivity index (χ3v) is 2.43. The molecule has 0 aromatic rings. The molecule has 0 aliphatic heterocycles. The Balaban J connectivity index is 4.64. The van der Waals surface area contributed by atoms with E-state index in [1.807, 2.05) is 13.8 Å². The van der Waals surface area contributed by atoms with Crippen LogP contribution in [0.3, 0.4) is 0 Å². The fourth-order valence-corrected chi connectivity index (χ4v) is 1.39. The molecule has 0 aromatic heterocycles. The van der Waals surface area contributed by atoms with Gasteiger partial charge in [0.25, 0.3) is 0 Å². The third kappa shape index (κ3) is 3.73. The number of carbonyl (C=O) groups is 1. The summed E-state index contributed by atoms with van der Waals surface area (Å²) in [6, 6.07) is 0. The van der Waals surface area contributed by atoms with Crippen LogP contribution in [0.25, 0.3) is 0 Å². The van der Waals surface area contributed by atoms with Gasteiger partial charge in [-0.15, -0.1) is 0 Å². The van der Waals surface area contributed by atoms with Crippen LogP contribution in [0.15, 0.2) is 11.6 Å². The zero-order chi connectivity index (χ0) is 10.5. The molecule has 76 valence electrons. The van der Waals surface area contributed by atoms with E-state index in [0.717, 1.165) is 18.4 Å². The zero-order valence-corrected chi connectivity index (χ0v) is 9.31. The smallest absolute Gasteiger partial charge is 0.152 e. The molecule has 0 bridgehead atoms. The minimum Gasteiger partial charge on any atom is -0.374 e. The molecule has 1 atom stereocenters. The molecule has 0 radical (unpaired) electrons. The Hall–Kier alpha value is -0.630. The lowest BCUT2D eigenvalue weighted by molar-refractivity contribution is -0.112. The summed E-state index contributed by atoms with van der Waals surface area (Å²) in [5.41, 5.74) is 0.727. The number of carbonyl (C=O) groups excluding carboxylic acids is 1. The highest BCUT2D eigenvalue weighted by molar-refractivity contribution is 5.88. The van der Waals surface area contributed by atoms with E-state index in [9.17, 15) is 4.79 Å². The second-order valence-electron chi connectivity index (χ2n) is 3.62. The van der Waals surface area contributed by atoms with Gasteiger partial charge in [0.05, 0.1) is 5.60 Å². The Bertz CT molecular complexity index is 206. The van der Waals surface area contributed by atoms with Crippen molar-refractivity contribution >= 4 is 5.78 Å². The maximum absolute atomic E-state index is 10.9. The molecular weight excluding hydrogens is 164 g/mol. The SMILES string of the molecule is CCCC(C)(OC)/C(C)=C/C(C)=O. The van der Waals surface area contributed by atoms with Gasteiger partial charge in [0.1, 0.15) is 0 Å². The van der Waals surface area contributed by atoms with Gasteiger partial charge >= 0.3 is 0 Å². The highest BCUT2D eigenvalue weighted by atomic mass is 16.5. The van der Waals surface area contributed by atoms with Crippen LogP contribution in [0.5, 0.6) is 0 Å². The van der Waals surface area contributed by atoms with Crippen molar-refractivity contribution in [2.45, 2.75) is 46.1 Å². The normalized spacial score (nSPS) is 16.8. The van der Waals surface area contributed by atoms with Crippen LogP contribution >= 0.6 is 0 Å². The van der Waals surface area contributed by atoms with Crippen LogP contribution in [-0.2, 0) is 9.53 Å². The minimum absolute atomic E-state index is 0.0804. The minimum atomic E-state index is -0.277. The standard InChI is InChI=1S/C11H20O2/c1-6-7-11(4,13-5)9(2)8-10(3)12/h8H,6-7H2,1-5H3/b9-8+. The maximum atomic E-state index is 10.9. The zero-order valence-electron chi connectivity index (χ0n) is 9.31. The van der Waals surface area contributed by atoms with Crippen LogP contribution in [0.1, 0.15) is 40.5 Å². The maximum Gasteiger partial charge on any atom is 0.152 e. The first kappa shape index (κ1) is 12.4. The Morgan fingerprint density at radius 3 is 2.31 bits per heavy atom. The number of rotatable bonds is 5. The number of hydrogen-bond donors (Lipinski definition) is 0. The first-order chi connectivity index (χ1) is 5.96. The summed E-state index contributed by atoms with van der Waals surface area (Å²) < 4.78 is 5.42. The molecule has 2 nitrogen and oxygen atoms in total. The van der Waals surface area contributed by atoms with Crippen LogP contribution in [0.2, 0.25) is 0 Å². The first-order valence-electron chi connectivity index (χ1n) is 4.70. The van der Waals surface area contributed by atoms with Crippen molar-refractivity contribution in [3.05, 3.63) is 11.6 Å². The average Bonchev–Trinajstić information content (AvgIpc) is 2.03. The fraction of sp³-hybridized carbons (Fsp3) is 0.727. The summed E-state index contributed by atoms with van der Waals surface area (Å²) in [7, 11) is 1.69. The Morgan fingerprint density at radius 1 is 1.46 bits per heavy atom. The van der Waals surface area contributed by atoms with Gasteiger partial charge in [0.2, 0.25) is 0 Å². The molecule has 0 saturated heterocycles. The average molecular weight is 184 g/mol. The molecule has 0 fully saturated rings. The molecule has 2 heteroatoms. The number of ketones is 1. The number of allylic oxidation sites excluding steroid dienone is 1. The molecule has 0 aliphatic carbocycles. The van der Waals surface area contributed by atoms with E-state index >= 15 is 0 Å². The second-order valence-corrected chi connectivity index (χ2v) is 3.62. The van der Waals surface area contributed by atoms with Gasteiger partial charge in [-0.3, -0.25) is 4.79 Å². The lowest BCUT2D eigenvalue weighted by Gasteiger charge is -2.28. The van der Waals surface area contributed by atoms with Crippen LogP contribution in [-0.4, -0.2) is 18.5 Å². The van der Waals surface area contributed by atoms with Crippen molar-refractivity contribution in [2.24, 2.45) is 0 Å². The van der Waals surface area contributed by atoms with Gasteiger partial charge in [0.15, 0.2) is 5.78 Å². The number of hydrogen-bond acceptors (Lipinski definition) is 2. The van der Waals surface area contributed by atoms with E-state index in [-0.39, 0.29) is 11.4 Å². The van der Waals surface area contributed by atoms with Gasteiger partial charge in [0, 0.05) is 7.11 Å². The molecular formula is C11H20O2. The predicted octanol–water partition coefficient (Wildman–Crippen LogP) is 2.73. The van der Waals surface area contributed by atoms with Gasteiger partial charge in [-0.05, 0) is 38.8 Å². The number of ether oxygens (including phenoxy) is 1. The van der Waals surface area contributed by atoms with Crippen molar-refractivity contribution in [3.8, 4) is 0 Å². The molecule has 0 spiro atoms. The Labute approximate surface area is 81.0 Å². The number of methoxy groups -OCH3 is 1. The molecule has 0 aromatic carbocycles. The predicted molar refractivity (Wildman–Crippen MR) is 54.8 cm³/mol. The van der Waals surface area contributed by atoms with E-state index in [1.165, 1.54) is 0 Å². The summed E-state index contributed by atoms with van der Waals surface area (Å²) >= 11 is 0. The van der Waals surface area contributed by atoms with Crippen molar-refractivity contribution in [1.82, 2.24) is 0 Å². The molecule has 0 rings (SSSR count). The van der Waals surface area contributed by atoms with E-state index in [0.29, 0.717) is 0 Å². The lowest BCUT2D eigenvalue weighted by atomic mass is 9.91. The monoisotopic (exact) mass is 184 g/mol. The fourth-order valence-electron chi connectivity index (χ4n) is 1.39. The Kier molecular flexibility index (Phi) is 4.92. The highest BCUT2D eigenvalue weighted by Gasteiger charge is 2.24. The molecule has 1 unspecified atom stereocenters. The summed E-state index contributed by atoms with van der Waals surface area (Å²) in [5.74, 6) is 0.0804. The van der Waals surface area contributed by atoms with E-state index < -0.39 is 0 Å². The molecule has 0 heterocycles. The summed E-state index contributed by atoms with van der Waals surface area (Å²) in [6.07, 6.45) is 3.64. The second kappa shape index (κ2) is 5.18. The van der Waals surface area contributed by atoms with Crippen LogP contribution in [0.4, 0.5) is 0 Å². The quantitative estimate of drug-likeness (QED) is 0.614. The third-order valence-electron chi connectivity index (χ3n) is 2.43. The lowest BCUT2D eigenvalue weighted by Crippen LogP contribution is -2.28. The van der Waals surface area contributed by atoms with Crippen molar-refractivity contribution < 1.29 is 9.53 Å². The summed E-state index contributed by atoms with van der Waals surface area (Å²) in [5, 5.41) is 0. The van der Waals surface area contributed by atoms with Crippen molar-refractivity contribution in [2.75, 3.05) is 7.11 Å². The van der Waals surface area contributed by atoms with E-state index in [1.54, 1.807) is 20.1 Å². The van der Waals surface area contributed by atoms with Gasteiger partial charge in [-0.1, -0.05) is 13.3 Å². The van der Waals surface area contributed by atoms with Crippen molar-refractivity contribution in [3.63, 3.8) is 0 Å². The summed E-state index contributed by atoms with van der Waals surface area (Å²) in [4.78, 5) is 10.9. The molecule has 0 amide bonds. The van der Waals surface area contributed by atoms with E-state index in [2.05, 4.69) is 6.92 Å². The van der Waals surface area contributed by atoms with Crippen molar-refractivity contribution in [1.29, 1.82) is 0 Å². The molecule has 0 N–H and O–H groups in total. The van der Waals surface area contributed by atoms with Crippen LogP contribution in [0, 0.1) is 0 Å². The topological polar surface area (TPSA) is 26.3 Å². The first-order valence-corrected chi connectivity index (χ1v) is 4.70. The molecule has 0 saturated carbocycles. The van der Waals surface area contributed by atoms with Gasteiger partial charge < -0.3 is 4.74 Å². The highest BCUT2D eigenvalue weighted by Crippen LogP contribution is 2.25. The van der Waals surface area contributed by atoms with Gasteiger partial charge in [-0.25, -0.2) is 0 Å². The summed E-state index contributed by atoms with van der Waals surface area (Å²) in [6.45, 7) is 7.63. The largest absolute Gasteiger partial charge is 0.374 e. The molecule has 13 heavy (non-hydrogen) atoms.